The normalized spacial score (nSPS) is 11.1. The van der Waals surface area contributed by atoms with Crippen molar-refractivity contribution in [2.45, 2.75) is 26.6 Å². The smallest absolute Gasteiger partial charge is 0.0795 e. The molecule has 0 spiro atoms. The molecule has 3 aromatic heterocycles. The van der Waals surface area contributed by atoms with Crippen molar-refractivity contribution in [3.05, 3.63) is 164 Å². The van der Waals surface area contributed by atoms with E-state index in [1.54, 1.807) is 0 Å². The predicted octanol–water partition coefficient (Wildman–Crippen LogP) is 11.7. The van der Waals surface area contributed by atoms with Crippen LogP contribution in [0.4, 0.5) is 0 Å². The minimum Gasteiger partial charge on any atom is -0.305 e. The van der Waals surface area contributed by atoms with Crippen LogP contribution in [-0.2, 0) is 20.1 Å². The Morgan fingerprint density at radius 3 is 1.92 bits per heavy atom. The Morgan fingerprint density at radius 2 is 1.29 bits per heavy atom. The quantitative estimate of drug-likeness (QED) is 0.127. The molecule has 2 nitrogen and oxygen atoms in total. The van der Waals surface area contributed by atoms with Crippen molar-refractivity contribution in [2.75, 3.05) is 0 Å². The van der Waals surface area contributed by atoms with Crippen LogP contribution in [0.2, 0.25) is 19.6 Å². The van der Waals surface area contributed by atoms with Gasteiger partial charge in [0.1, 0.15) is 0 Å². The number of nitrogens with zero attached hydrogens (tertiary/aromatic N) is 2. The zero-order valence-corrected chi connectivity index (χ0v) is 32.2. The summed E-state index contributed by atoms with van der Waals surface area (Å²) in [6.07, 6.45) is 4.00. The first-order valence-corrected chi connectivity index (χ1v) is 20.6. The molecule has 8 rings (SSSR count). The summed E-state index contributed by atoms with van der Waals surface area (Å²) in [6.45, 7) is 9.15. The van der Waals surface area contributed by atoms with Crippen LogP contribution in [-0.4, -0.2) is 18.0 Å². The number of pyridine rings is 2. The molecule has 8 aromatic rings. The molecule has 0 bridgehead atoms. The summed E-state index contributed by atoms with van der Waals surface area (Å²) < 4.78 is 2.58. The van der Waals surface area contributed by atoms with Crippen molar-refractivity contribution in [2.24, 2.45) is 0 Å². The number of benzene rings is 5. The fourth-order valence-electron chi connectivity index (χ4n) is 5.91. The van der Waals surface area contributed by atoms with Crippen LogP contribution in [0.25, 0.3) is 64.9 Å². The van der Waals surface area contributed by atoms with Gasteiger partial charge in [0.15, 0.2) is 0 Å². The summed E-state index contributed by atoms with van der Waals surface area (Å²) in [6, 6.07) is 53.1. The average molecular weight is 845 g/mol. The van der Waals surface area contributed by atoms with Crippen LogP contribution in [0.15, 0.2) is 146 Å². The zero-order chi connectivity index (χ0) is 33.1. The van der Waals surface area contributed by atoms with Crippen molar-refractivity contribution < 1.29 is 20.1 Å². The third-order valence-corrected chi connectivity index (χ3v) is 11.8. The molecule has 0 fully saturated rings. The molecule has 0 aliphatic rings. The van der Waals surface area contributed by atoms with Gasteiger partial charge in [0.25, 0.3) is 0 Å². The molecule has 5 heteroatoms. The van der Waals surface area contributed by atoms with Crippen molar-refractivity contribution >= 4 is 44.8 Å². The molecule has 0 unspecified atom stereocenters. The van der Waals surface area contributed by atoms with Crippen LogP contribution >= 0.6 is 11.3 Å². The van der Waals surface area contributed by atoms with Crippen LogP contribution in [0, 0.1) is 19.1 Å². The molecule has 0 aliphatic carbocycles. The fraction of sp³-hybridized carbons (Fsp3) is 0.0909. The Morgan fingerprint density at radius 1 is 0.592 bits per heavy atom. The Balaban J connectivity index is 0.000000208. The topological polar surface area (TPSA) is 25.8 Å². The molecule has 49 heavy (non-hydrogen) atoms. The minimum atomic E-state index is -1.23. The van der Waals surface area contributed by atoms with Crippen LogP contribution in [0.3, 0.4) is 0 Å². The maximum Gasteiger partial charge on any atom is 0.0795 e. The number of hydrogen-bond donors (Lipinski definition) is 0. The largest absolute Gasteiger partial charge is 0.305 e. The molecule has 0 atom stereocenters. The molecular weight excluding hydrogens is 809 g/mol. The van der Waals surface area contributed by atoms with Crippen molar-refractivity contribution in [3.63, 3.8) is 0 Å². The van der Waals surface area contributed by atoms with E-state index < -0.39 is 8.07 Å². The average Bonchev–Trinajstić information content (AvgIpc) is 3.51. The van der Waals surface area contributed by atoms with Gasteiger partial charge in [0.2, 0.25) is 0 Å². The van der Waals surface area contributed by atoms with E-state index in [0.717, 1.165) is 22.5 Å². The van der Waals surface area contributed by atoms with Gasteiger partial charge < -0.3 is 9.97 Å². The SMILES string of the molecule is C[Si](C)(C)c1ccc(-c2[c-]cccc2)nc1.Cc1cc(-c2[c-]cc3sc4c(-c5ccccc5)cccc4c3c2)ncc1-c1ccccc1.[Ir]. The van der Waals surface area contributed by atoms with E-state index in [1.807, 2.05) is 54.1 Å². The predicted molar refractivity (Wildman–Crippen MR) is 208 cm³/mol. The third-order valence-electron chi connectivity index (χ3n) is 8.60. The molecule has 5 aromatic carbocycles. The summed E-state index contributed by atoms with van der Waals surface area (Å²) in [5, 5.41) is 3.95. The number of aryl methyl sites for hydroxylation is 1. The first-order chi connectivity index (χ1) is 23.3. The molecule has 0 N–H and O–H groups in total. The van der Waals surface area contributed by atoms with Crippen molar-refractivity contribution in [1.29, 1.82) is 0 Å². The van der Waals surface area contributed by atoms with Gasteiger partial charge in [-0.2, -0.15) is 11.3 Å². The standard InChI is InChI=1S/C30H20NS.C14H16NSi.Ir/c1-20-17-28(31-19-27(20)22-11-6-3-7-12-22)23-15-16-29-26(18-23)25-14-8-13-24(30(25)32-29)21-9-4-2-5-10-21;1-16(2,3)13-9-10-14(15-11-13)12-7-5-4-6-8-12;/h2-14,16-19H,1H3;4-7,9-11H,1-3H3;/q2*-1;. The Kier molecular flexibility index (Phi) is 10.5. The monoisotopic (exact) mass is 845 g/mol. The third kappa shape index (κ3) is 7.56. The van der Waals surface area contributed by atoms with E-state index in [9.17, 15) is 0 Å². The number of fused-ring (bicyclic) bond motifs is 3. The summed E-state index contributed by atoms with van der Waals surface area (Å²) in [4.78, 5) is 9.31. The first kappa shape index (κ1) is 34.4. The molecule has 1 radical (unpaired) electrons. The number of aromatic nitrogens is 2. The number of thiophene rings is 1. The van der Waals surface area contributed by atoms with Gasteiger partial charge in [-0.15, -0.1) is 59.7 Å². The van der Waals surface area contributed by atoms with Crippen molar-refractivity contribution in [3.8, 4) is 44.8 Å². The second-order valence-corrected chi connectivity index (χ2v) is 19.1. The van der Waals surface area contributed by atoms with E-state index in [2.05, 4.69) is 147 Å². The Hall–Kier alpha value is -4.51. The van der Waals surface area contributed by atoms with Gasteiger partial charge >= 0.3 is 0 Å². The molecule has 243 valence electrons. The van der Waals surface area contributed by atoms with Gasteiger partial charge in [-0.25, -0.2) is 0 Å². The van der Waals surface area contributed by atoms with Crippen LogP contribution < -0.4 is 5.19 Å². The van der Waals surface area contributed by atoms with Crippen LogP contribution in [0.5, 0.6) is 0 Å². The molecule has 3 heterocycles. The van der Waals surface area contributed by atoms with Crippen LogP contribution in [0.1, 0.15) is 5.56 Å². The molecule has 0 amide bonds. The van der Waals surface area contributed by atoms with Gasteiger partial charge in [-0.1, -0.05) is 122 Å². The van der Waals surface area contributed by atoms with Crippen molar-refractivity contribution in [1.82, 2.24) is 9.97 Å². The maximum absolute atomic E-state index is 4.79. The second-order valence-electron chi connectivity index (χ2n) is 13.0. The van der Waals surface area contributed by atoms with E-state index in [0.29, 0.717) is 0 Å². The molecule has 0 saturated heterocycles. The summed E-state index contributed by atoms with van der Waals surface area (Å²) in [5.74, 6) is 0. The number of hydrogen-bond acceptors (Lipinski definition) is 3. The zero-order valence-electron chi connectivity index (χ0n) is 28.0. The van der Waals surface area contributed by atoms with Gasteiger partial charge in [-0.3, -0.25) is 0 Å². The van der Waals surface area contributed by atoms with E-state index in [1.165, 1.54) is 53.2 Å². The van der Waals surface area contributed by atoms with Gasteiger partial charge in [0.05, 0.1) is 8.07 Å². The Labute approximate surface area is 307 Å². The summed E-state index contributed by atoms with van der Waals surface area (Å²) >= 11 is 1.84. The summed E-state index contributed by atoms with van der Waals surface area (Å²) in [5.41, 5.74) is 10.2. The summed E-state index contributed by atoms with van der Waals surface area (Å²) in [7, 11) is -1.23. The van der Waals surface area contributed by atoms with E-state index >= 15 is 0 Å². The molecule has 0 aliphatic heterocycles. The van der Waals surface area contributed by atoms with Gasteiger partial charge in [0, 0.05) is 42.8 Å². The van der Waals surface area contributed by atoms with Gasteiger partial charge in [-0.05, 0) is 55.8 Å². The number of rotatable bonds is 5. The fourth-order valence-corrected chi connectivity index (χ4v) is 8.14. The molecule has 0 saturated carbocycles. The van der Waals surface area contributed by atoms with E-state index in [4.69, 9.17) is 4.98 Å². The Bertz CT molecular complexity index is 2310. The second kappa shape index (κ2) is 14.9. The minimum absolute atomic E-state index is 0. The first-order valence-electron chi connectivity index (χ1n) is 16.2. The van der Waals surface area contributed by atoms with E-state index in [-0.39, 0.29) is 20.1 Å². The molecular formula is C44H36IrN2SSi-2. The maximum atomic E-state index is 4.79.